The Morgan fingerprint density at radius 3 is 2.48 bits per heavy atom. The second-order valence-electron chi connectivity index (χ2n) is 7.28. The maximum absolute atomic E-state index is 12.9. The van der Waals surface area contributed by atoms with Gasteiger partial charge >= 0.3 is 5.69 Å². The average molecular weight is 398 g/mol. The highest BCUT2D eigenvalue weighted by Gasteiger charge is 2.35. The SMILES string of the molecule is CCCCCC(=O)N1N=C(c2c(O)n(C)c(=O)n(C)c2=O)CC1c1ccccc1. The molecule has 8 nitrogen and oxygen atoms in total. The van der Waals surface area contributed by atoms with Gasteiger partial charge in [-0.1, -0.05) is 50.1 Å². The molecule has 0 aliphatic carbocycles. The molecule has 3 rings (SSSR count). The van der Waals surface area contributed by atoms with E-state index in [0.717, 1.165) is 34.0 Å². The second-order valence-corrected chi connectivity index (χ2v) is 7.28. The van der Waals surface area contributed by atoms with Crippen molar-refractivity contribution in [2.45, 2.75) is 45.1 Å². The Hall–Kier alpha value is -3.16. The van der Waals surface area contributed by atoms with Crippen molar-refractivity contribution in [3.63, 3.8) is 0 Å². The molecule has 0 spiro atoms. The molecule has 2 heterocycles. The molecule has 0 fully saturated rings. The fourth-order valence-corrected chi connectivity index (χ4v) is 3.55. The van der Waals surface area contributed by atoms with Gasteiger partial charge in [0.1, 0.15) is 5.56 Å². The van der Waals surface area contributed by atoms with Gasteiger partial charge in [0.15, 0.2) is 0 Å². The van der Waals surface area contributed by atoms with Crippen LogP contribution < -0.4 is 11.2 Å². The molecule has 1 unspecified atom stereocenters. The number of rotatable bonds is 6. The minimum atomic E-state index is -0.628. The fourth-order valence-electron chi connectivity index (χ4n) is 3.55. The highest BCUT2D eigenvalue weighted by molar-refractivity contribution is 6.04. The van der Waals surface area contributed by atoms with E-state index in [1.165, 1.54) is 19.1 Å². The lowest BCUT2D eigenvalue weighted by molar-refractivity contribution is -0.133. The van der Waals surface area contributed by atoms with Crippen LogP contribution in [0.25, 0.3) is 0 Å². The summed E-state index contributed by atoms with van der Waals surface area (Å²) in [5.41, 5.74) is -0.0922. The Balaban J connectivity index is 2.05. The summed E-state index contributed by atoms with van der Waals surface area (Å²) in [7, 11) is 2.74. The van der Waals surface area contributed by atoms with E-state index in [0.29, 0.717) is 12.1 Å². The summed E-state index contributed by atoms with van der Waals surface area (Å²) in [6, 6.07) is 9.12. The van der Waals surface area contributed by atoms with Crippen LogP contribution in [0.15, 0.2) is 45.0 Å². The first-order valence-corrected chi connectivity index (χ1v) is 9.80. The summed E-state index contributed by atoms with van der Waals surface area (Å²) in [5, 5.41) is 16.3. The lowest BCUT2D eigenvalue weighted by atomic mass is 9.99. The third-order valence-electron chi connectivity index (χ3n) is 5.27. The molecule has 8 heteroatoms. The molecule has 1 aliphatic rings. The first-order valence-electron chi connectivity index (χ1n) is 9.80. The zero-order valence-corrected chi connectivity index (χ0v) is 17.0. The molecule has 0 radical (unpaired) electrons. The summed E-state index contributed by atoms with van der Waals surface area (Å²) >= 11 is 0. The number of benzene rings is 1. The van der Waals surface area contributed by atoms with Crippen molar-refractivity contribution in [2.24, 2.45) is 19.2 Å². The maximum Gasteiger partial charge on any atom is 0.333 e. The smallest absolute Gasteiger partial charge is 0.333 e. The average Bonchev–Trinajstić information content (AvgIpc) is 3.17. The van der Waals surface area contributed by atoms with E-state index in [-0.39, 0.29) is 23.9 Å². The van der Waals surface area contributed by atoms with Gasteiger partial charge in [-0.2, -0.15) is 5.10 Å². The molecule has 29 heavy (non-hydrogen) atoms. The van der Waals surface area contributed by atoms with Gasteiger partial charge in [0.05, 0.1) is 11.8 Å². The molecular weight excluding hydrogens is 372 g/mol. The van der Waals surface area contributed by atoms with Crippen molar-refractivity contribution >= 4 is 11.6 Å². The van der Waals surface area contributed by atoms with Crippen LogP contribution in [0.5, 0.6) is 5.88 Å². The number of hydrazone groups is 1. The number of hydrogen-bond donors (Lipinski definition) is 1. The van der Waals surface area contributed by atoms with Crippen molar-refractivity contribution in [2.75, 3.05) is 0 Å². The highest BCUT2D eigenvalue weighted by atomic mass is 16.3. The zero-order valence-electron chi connectivity index (χ0n) is 17.0. The van der Waals surface area contributed by atoms with Crippen molar-refractivity contribution in [1.29, 1.82) is 0 Å². The molecule has 2 aromatic rings. The van der Waals surface area contributed by atoms with Crippen LogP contribution >= 0.6 is 0 Å². The number of nitrogens with zero attached hydrogens (tertiary/aromatic N) is 4. The summed E-state index contributed by atoms with van der Waals surface area (Å²) in [6.45, 7) is 2.07. The molecule has 154 valence electrons. The van der Waals surface area contributed by atoms with E-state index >= 15 is 0 Å². The largest absolute Gasteiger partial charge is 0.494 e. The minimum absolute atomic E-state index is 0.0422. The monoisotopic (exact) mass is 398 g/mol. The first-order chi connectivity index (χ1) is 13.9. The van der Waals surface area contributed by atoms with Crippen LogP contribution in [0.3, 0.4) is 0 Å². The molecule has 1 aromatic heterocycles. The summed E-state index contributed by atoms with van der Waals surface area (Å²) in [6.07, 6.45) is 3.38. The van der Waals surface area contributed by atoms with Crippen molar-refractivity contribution in [3.05, 3.63) is 62.3 Å². The number of unbranched alkanes of at least 4 members (excludes halogenated alkanes) is 2. The van der Waals surface area contributed by atoms with Crippen LogP contribution in [0.2, 0.25) is 0 Å². The molecule has 0 saturated heterocycles. The number of aromatic nitrogens is 2. The van der Waals surface area contributed by atoms with Gasteiger partial charge in [-0.3, -0.25) is 18.7 Å². The van der Waals surface area contributed by atoms with Crippen LogP contribution in [0.1, 0.15) is 56.2 Å². The van der Waals surface area contributed by atoms with Crippen molar-refractivity contribution in [1.82, 2.24) is 14.1 Å². The Morgan fingerprint density at radius 2 is 1.83 bits per heavy atom. The van der Waals surface area contributed by atoms with Gasteiger partial charge in [0.25, 0.3) is 5.56 Å². The van der Waals surface area contributed by atoms with Gasteiger partial charge in [-0.25, -0.2) is 9.80 Å². The Labute approximate surface area is 168 Å². The van der Waals surface area contributed by atoms with E-state index in [4.69, 9.17) is 0 Å². The topological polar surface area (TPSA) is 96.9 Å². The third-order valence-corrected chi connectivity index (χ3v) is 5.27. The van der Waals surface area contributed by atoms with E-state index in [1.54, 1.807) is 0 Å². The number of aromatic hydroxyl groups is 1. The van der Waals surface area contributed by atoms with Crippen molar-refractivity contribution < 1.29 is 9.90 Å². The lowest BCUT2D eigenvalue weighted by Crippen LogP contribution is -2.39. The normalized spacial score (nSPS) is 16.2. The number of carbonyl (C=O) groups excluding carboxylic acids is 1. The van der Waals surface area contributed by atoms with Gasteiger partial charge < -0.3 is 5.11 Å². The maximum atomic E-state index is 12.9. The van der Waals surface area contributed by atoms with E-state index in [2.05, 4.69) is 12.0 Å². The van der Waals surface area contributed by atoms with Gasteiger partial charge in [0, 0.05) is 26.9 Å². The number of carbonyl (C=O) groups is 1. The molecule has 1 aliphatic heterocycles. The fraction of sp³-hybridized carbons (Fsp3) is 0.429. The molecule has 1 atom stereocenters. The lowest BCUT2D eigenvalue weighted by Gasteiger charge is -2.22. The minimum Gasteiger partial charge on any atom is -0.494 e. The van der Waals surface area contributed by atoms with Crippen molar-refractivity contribution in [3.8, 4) is 5.88 Å². The molecule has 1 N–H and O–H groups in total. The summed E-state index contributed by atoms with van der Waals surface area (Å²) < 4.78 is 1.93. The van der Waals surface area contributed by atoms with Crippen LogP contribution in [0, 0.1) is 0 Å². The Kier molecular flexibility index (Phi) is 6.00. The summed E-state index contributed by atoms with van der Waals surface area (Å²) in [4.78, 5) is 37.6. The van der Waals surface area contributed by atoms with E-state index < -0.39 is 17.1 Å². The number of amides is 1. The zero-order chi connectivity index (χ0) is 21.1. The first kappa shape index (κ1) is 20.6. The highest BCUT2D eigenvalue weighted by Crippen LogP contribution is 2.34. The second kappa shape index (κ2) is 8.46. The number of hydrogen-bond acceptors (Lipinski definition) is 5. The standard InChI is InChI=1S/C21H26N4O4/c1-4-5-7-12-17(26)25-16(14-10-8-6-9-11-14)13-15(22-25)18-19(27)23(2)21(29)24(3)20(18)28/h6,8-11,16,27H,4-5,7,12-13H2,1-3H3. The third kappa shape index (κ3) is 3.87. The van der Waals surface area contributed by atoms with Gasteiger partial charge in [-0.05, 0) is 12.0 Å². The molecular formula is C21H26N4O4. The predicted octanol–water partition coefficient (Wildman–Crippen LogP) is 2.05. The van der Waals surface area contributed by atoms with Crippen LogP contribution in [-0.2, 0) is 18.9 Å². The van der Waals surface area contributed by atoms with Crippen LogP contribution in [0.4, 0.5) is 0 Å². The van der Waals surface area contributed by atoms with Gasteiger partial charge in [-0.15, -0.1) is 0 Å². The Morgan fingerprint density at radius 1 is 1.14 bits per heavy atom. The Bertz CT molecular complexity index is 1050. The summed E-state index contributed by atoms with van der Waals surface area (Å²) in [5.74, 6) is -0.563. The molecule has 1 aromatic carbocycles. The van der Waals surface area contributed by atoms with E-state index in [9.17, 15) is 19.5 Å². The van der Waals surface area contributed by atoms with Crippen LogP contribution in [-0.4, -0.2) is 30.9 Å². The molecule has 1 amide bonds. The van der Waals surface area contributed by atoms with Gasteiger partial charge in [0.2, 0.25) is 11.8 Å². The molecule has 0 saturated carbocycles. The molecule has 0 bridgehead atoms. The predicted molar refractivity (Wildman–Crippen MR) is 110 cm³/mol. The van der Waals surface area contributed by atoms with E-state index in [1.807, 2.05) is 30.3 Å². The quantitative estimate of drug-likeness (QED) is 0.753.